The van der Waals surface area contributed by atoms with Crippen molar-refractivity contribution in [1.29, 1.82) is 0 Å². The van der Waals surface area contributed by atoms with Crippen LogP contribution < -0.4 is 5.32 Å². The van der Waals surface area contributed by atoms with Crippen molar-refractivity contribution in [2.45, 2.75) is 63.6 Å². The summed E-state index contributed by atoms with van der Waals surface area (Å²) in [5.74, 6) is -0.843. The topological polar surface area (TPSA) is 73.9 Å². The standard InChI is InChI=1S/C15H23NO5/c1-7(6-15(2,3)16-4)13(17)20-11-9-5-8-10(19-9)12(11)21-14(8)18/h7-12,16H,5-6H2,1-4H3. The molecule has 3 rings (SSSR count). The molecule has 6 heteroatoms. The van der Waals surface area contributed by atoms with E-state index in [-0.39, 0.29) is 41.5 Å². The average Bonchev–Trinajstić information content (AvgIpc) is 3.02. The molecule has 6 atom stereocenters. The molecule has 0 aromatic rings. The molecular formula is C15H23NO5. The summed E-state index contributed by atoms with van der Waals surface area (Å²) >= 11 is 0. The van der Waals surface area contributed by atoms with Gasteiger partial charge in [0, 0.05) is 5.54 Å². The lowest BCUT2D eigenvalue weighted by Crippen LogP contribution is -2.43. The third kappa shape index (κ3) is 2.44. The van der Waals surface area contributed by atoms with E-state index < -0.39 is 12.2 Å². The Labute approximate surface area is 124 Å². The van der Waals surface area contributed by atoms with Gasteiger partial charge in [0.05, 0.1) is 17.9 Å². The van der Waals surface area contributed by atoms with Crippen molar-refractivity contribution in [3.8, 4) is 0 Å². The molecule has 21 heavy (non-hydrogen) atoms. The summed E-state index contributed by atoms with van der Waals surface area (Å²) < 4.78 is 16.6. The van der Waals surface area contributed by atoms with E-state index in [1.165, 1.54) is 0 Å². The minimum absolute atomic E-state index is 0.130. The number of carbonyl (C=O) groups excluding carboxylic acids is 2. The summed E-state index contributed by atoms with van der Waals surface area (Å²) in [4.78, 5) is 23.9. The molecule has 0 spiro atoms. The summed E-state index contributed by atoms with van der Waals surface area (Å²) in [6.07, 6.45) is 0.0279. The first-order chi connectivity index (χ1) is 9.82. The van der Waals surface area contributed by atoms with Gasteiger partial charge in [-0.25, -0.2) is 0 Å². The fourth-order valence-electron chi connectivity index (χ4n) is 3.58. The maximum Gasteiger partial charge on any atom is 0.312 e. The second-order valence-electron chi connectivity index (χ2n) is 7.02. The largest absolute Gasteiger partial charge is 0.455 e. The second-order valence-corrected chi connectivity index (χ2v) is 7.02. The summed E-state index contributed by atoms with van der Waals surface area (Å²) in [6.45, 7) is 5.94. The maximum absolute atomic E-state index is 12.3. The molecule has 6 unspecified atom stereocenters. The highest BCUT2D eigenvalue weighted by molar-refractivity contribution is 5.78. The van der Waals surface area contributed by atoms with E-state index >= 15 is 0 Å². The van der Waals surface area contributed by atoms with Crippen LogP contribution in [0, 0.1) is 11.8 Å². The third-order valence-electron chi connectivity index (χ3n) is 4.93. The van der Waals surface area contributed by atoms with Crippen LogP contribution in [0.4, 0.5) is 0 Å². The van der Waals surface area contributed by atoms with Gasteiger partial charge in [0.25, 0.3) is 0 Å². The van der Waals surface area contributed by atoms with Crippen LogP contribution in [-0.4, -0.2) is 48.9 Å². The van der Waals surface area contributed by atoms with Crippen molar-refractivity contribution in [2.75, 3.05) is 7.05 Å². The maximum atomic E-state index is 12.3. The molecule has 0 radical (unpaired) electrons. The van der Waals surface area contributed by atoms with Crippen LogP contribution in [0.25, 0.3) is 0 Å². The monoisotopic (exact) mass is 297 g/mol. The molecule has 118 valence electrons. The minimum Gasteiger partial charge on any atom is -0.455 e. The van der Waals surface area contributed by atoms with Gasteiger partial charge in [-0.05, 0) is 33.7 Å². The van der Waals surface area contributed by atoms with Gasteiger partial charge in [-0.3, -0.25) is 9.59 Å². The molecule has 0 amide bonds. The number of hydrogen-bond donors (Lipinski definition) is 1. The molecule has 0 aromatic carbocycles. The molecule has 0 aliphatic carbocycles. The Hall–Kier alpha value is -1.14. The van der Waals surface area contributed by atoms with E-state index in [0.717, 1.165) is 0 Å². The first-order valence-corrected chi connectivity index (χ1v) is 7.58. The van der Waals surface area contributed by atoms with Crippen LogP contribution in [-0.2, 0) is 23.8 Å². The molecule has 2 bridgehead atoms. The van der Waals surface area contributed by atoms with Crippen LogP contribution in [0.3, 0.4) is 0 Å². The lowest BCUT2D eigenvalue weighted by molar-refractivity contribution is -0.164. The number of nitrogens with one attached hydrogen (secondary N) is 1. The van der Waals surface area contributed by atoms with Crippen molar-refractivity contribution in [2.24, 2.45) is 11.8 Å². The Morgan fingerprint density at radius 1 is 1.48 bits per heavy atom. The number of fused-ring (bicyclic) bond motifs is 1. The van der Waals surface area contributed by atoms with E-state index in [1.54, 1.807) is 0 Å². The molecule has 3 aliphatic rings. The van der Waals surface area contributed by atoms with E-state index in [2.05, 4.69) is 5.32 Å². The summed E-state index contributed by atoms with van der Waals surface area (Å²) in [5, 5.41) is 3.18. The molecule has 1 N–H and O–H groups in total. The summed E-state index contributed by atoms with van der Waals surface area (Å²) in [6, 6.07) is 0. The summed E-state index contributed by atoms with van der Waals surface area (Å²) in [5.41, 5.74) is -0.130. The minimum atomic E-state index is -0.439. The number of ether oxygens (including phenoxy) is 3. The molecule has 3 saturated heterocycles. The number of esters is 2. The number of hydrogen-bond acceptors (Lipinski definition) is 6. The van der Waals surface area contributed by atoms with Gasteiger partial charge in [0.15, 0.2) is 12.2 Å². The van der Waals surface area contributed by atoms with Gasteiger partial charge in [-0.15, -0.1) is 0 Å². The molecule has 6 nitrogen and oxygen atoms in total. The van der Waals surface area contributed by atoms with Gasteiger partial charge >= 0.3 is 11.9 Å². The van der Waals surface area contributed by atoms with Crippen LogP contribution >= 0.6 is 0 Å². The first kappa shape index (κ1) is 14.8. The first-order valence-electron chi connectivity index (χ1n) is 7.58. The van der Waals surface area contributed by atoms with Crippen molar-refractivity contribution in [3.63, 3.8) is 0 Å². The third-order valence-corrected chi connectivity index (χ3v) is 4.93. The van der Waals surface area contributed by atoms with Crippen molar-refractivity contribution >= 4 is 11.9 Å². The number of carbonyl (C=O) groups is 2. The van der Waals surface area contributed by atoms with E-state index in [0.29, 0.717) is 12.8 Å². The fourth-order valence-corrected chi connectivity index (χ4v) is 3.58. The molecule has 3 heterocycles. The Morgan fingerprint density at radius 2 is 2.19 bits per heavy atom. The zero-order valence-corrected chi connectivity index (χ0v) is 12.9. The van der Waals surface area contributed by atoms with Gasteiger partial charge in [-0.2, -0.15) is 0 Å². The van der Waals surface area contributed by atoms with Crippen LogP contribution in [0.2, 0.25) is 0 Å². The smallest absolute Gasteiger partial charge is 0.312 e. The van der Waals surface area contributed by atoms with Crippen molar-refractivity contribution < 1.29 is 23.8 Å². The lowest BCUT2D eigenvalue weighted by atomic mass is 9.88. The molecular weight excluding hydrogens is 274 g/mol. The zero-order valence-electron chi connectivity index (χ0n) is 12.9. The Morgan fingerprint density at radius 3 is 2.86 bits per heavy atom. The Kier molecular flexibility index (Phi) is 3.48. The van der Waals surface area contributed by atoms with Crippen LogP contribution in [0.5, 0.6) is 0 Å². The highest BCUT2D eigenvalue weighted by atomic mass is 16.7. The average molecular weight is 297 g/mol. The SMILES string of the molecule is CNC(C)(C)CC(C)C(=O)OC1C2CC3C(=O)OC1C3O2. The van der Waals surface area contributed by atoms with E-state index in [4.69, 9.17) is 14.2 Å². The van der Waals surface area contributed by atoms with Gasteiger partial charge in [0.2, 0.25) is 0 Å². The van der Waals surface area contributed by atoms with Crippen molar-refractivity contribution in [3.05, 3.63) is 0 Å². The predicted octanol–water partition coefficient (Wildman–Crippen LogP) is 0.635. The van der Waals surface area contributed by atoms with E-state index in [1.807, 2.05) is 27.8 Å². The highest BCUT2D eigenvalue weighted by Gasteiger charge is 2.65. The number of rotatable bonds is 5. The van der Waals surface area contributed by atoms with Gasteiger partial charge in [0.1, 0.15) is 6.10 Å². The molecule has 3 aliphatic heterocycles. The Balaban J connectivity index is 1.60. The van der Waals surface area contributed by atoms with Crippen LogP contribution in [0.1, 0.15) is 33.6 Å². The van der Waals surface area contributed by atoms with Crippen LogP contribution in [0.15, 0.2) is 0 Å². The molecule has 0 saturated carbocycles. The van der Waals surface area contributed by atoms with E-state index in [9.17, 15) is 9.59 Å². The normalized spacial score (nSPS) is 38.5. The fraction of sp³-hybridized carbons (Fsp3) is 0.867. The quantitative estimate of drug-likeness (QED) is 0.751. The predicted molar refractivity (Wildman–Crippen MR) is 73.4 cm³/mol. The lowest BCUT2D eigenvalue weighted by Gasteiger charge is -2.28. The molecule has 0 aromatic heterocycles. The highest BCUT2D eigenvalue weighted by Crippen LogP contribution is 2.47. The van der Waals surface area contributed by atoms with Gasteiger partial charge in [-0.1, -0.05) is 6.92 Å². The zero-order chi connectivity index (χ0) is 15.4. The van der Waals surface area contributed by atoms with Gasteiger partial charge < -0.3 is 19.5 Å². The summed E-state index contributed by atoms with van der Waals surface area (Å²) in [7, 11) is 1.87. The second kappa shape index (κ2) is 4.95. The Bertz CT molecular complexity index is 463. The van der Waals surface area contributed by atoms with Crippen molar-refractivity contribution in [1.82, 2.24) is 5.32 Å². The molecule has 3 fully saturated rings.